The Morgan fingerprint density at radius 2 is 1.61 bits per heavy atom. The lowest BCUT2D eigenvalue weighted by molar-refractivity contribution is 0.482. The van der Waals surface area contributed by atoms with E-state index >= 15 is 0 Å². The number of piperidine rings is 1. The molecule has 0 N–H and O–H groups in total. The van der Waals surface area contributed by atoms with Gasteiger partial charge in [0.15, 0.2) is 5.82 Å². The SMILES string of the molecule is C[C@@H]1CCCCN1c1nc(-c2ccccc2)nc2sc(-c3ccccc3)cc12. The van der Waals surface area contributed by atoms with Crippen molar-refractivity contribution in [1.82, 2.24) is 9.97 Å². The fourth-order valence-corrected chi connectivity index (χ4v) is 5.03. The van der Waals surface area contributed by atoms with Crippen molar-refractivity contribution in [3.8, 4) is 21.8 Å². The van der Waals surface area contributed by atoms with Crippen molar-refractivity contribution in [3.05, 3.63) is 66.7 Å². The minimum absolute atomic E-state index is 0.510. The predicted octanol–water partition coefficient (Wildman–Crippen LogP) is 6.40. The Morgan fingerprint density at radius 1 is 0.893 bits per heavy atom. The van der Waals surface area contributed by atoms with Crippen LogP contribution in [0.3, 0.4) is 0 Å². The van der Waals surface area contributed by atoms with Crippen LogP contribution in [0.4, 0.5) is 5.82 Å². The van der Waals surface area contributed by atoms with Gasteiger partial charge in [0.1, 0.15) is 10.6 Å². The number of thiophene rings is 1. The zero-order valence-corrected chi connectivity index (χ0v) is 16.8. The molecule has 140 valence electrons. The van der Waals surface area contributed by atoms with E-state index in [0.717, 1.165) is 28.6 Å². The minimum atomic E-state index is 0.510. The molecule has 1 aliphatic heterocycles. The first kappa shape index (κ1) is 17.4. The van der Waals surface area contributed by atoms with E-state index in [2.05, 4.69) is 72.5 Å². The monoisotopic (exact) mass is 385 g/mol. The van der Waals surface area contributed by atoms with Gasteiger partial charge in [0.05, 0.1) is 5.39 Å². The normalized spacial score (nSPS) is 17.2. The van der Waals surface area contributed by atoms with Gasteiger partial charge in [0.25, 0.3) is 0 Å². The summed E-state index contributed by atoms with van der Waals surface area (Å²) in [6.45, 7) is 3.39. The van der Waals surface area contributed by atoms with Crippen molar-refractivity contribution in [2.45, 2.75) is 32.2 Å². The lowest BCUT2D eigenvalue weighted by Crippen LogP contribution is -2.38. The van der Waals surface area contributed by atoms with Gasteiger partial charge in [0, 0.05) is 23.0 Å². The number of hydrogen-bond donors (Lipinski definition) is 0. The number of nitrogens with zero attached hydrogens (tertiary/aromatic N) is 3. The van der Waals surface area contributed by atoms with Crippen LogP contribution in [0.2, 0.25) is 0 Å². The fourth-order valence-electron chi connectivity index (χ4n) is 4.00. The van der Waals surface area contributed by atoms with E-state index in [-0.39, 0.29) is 0 Å². The molecule has 4 aromatic rings. The van der Waals surface area contributed by atoms with Crippen molar-refractivity contribution in [1.29, 1.82) is 0 Å². The molecule has 1 fully saturated rings. The Bertz CT molecular complexity index is 1090. The summed E-state index contributed by atoms with van der Waals surface area (Å²) >= 11 is 1.76. The molecule has 0 radical (unpaired) electrons. The molecule has 3 heterocycles. The predicted molar refractivity (Wildman–Crippen MR) is 119 cm³/mol. The third kappa shape index (κ3) is 3.18. The second-order valence-electron chi connectivity index (χ2n) is 7.47. The highest BCUT2D eigenvalue weighted by Crippen LogP contribution is 2.39. The average molecular weight is 386 g/mol. The highest BCUT2D eigenvalue weighted by molar-refractivity contribution is 7.22. The van der Waals surface area contributed by atoms with Crippen LogP contribution >= 0.6 is 11.3 Å². The summed E-state index contributed by atoms with van der Waals surface area (Å²) in [5.41, 5.74) is 2.31. The number of anilines is 1. The van der Waals surface area contributed by atoms with Crippen molar-refractivity contribution < 1.29 is 0 Å². The standard InChI is InChI=1S/C24H23N3S/c1-17-10-8-9-15-27(17)23-20-16-21(18-11-4-2-5-12-18)28-24(20)26-22(25-23)19-13-6-3-7-14-19/h2-7,11-14,16-17H,8-10,15H2,1H3/t17-/m1/s1. The first-order valence-electron chi connectivity index (χ1n) is 9.99. The van der Waals surface area contributed by atoms with E-state index in [0.29, 0.717) is 6.04 Å². The van der Waals surface area contributed by atoms with Crippen LogP contribution in [0.5, 0.6) is 0 Å². The molecule has 0 bridgehead atoms. The van der Waals surface area contributed by atoms with E-state index in [1.165, 1.54) is 35.1 Å². The molecule has 0 saturated carbocycles. The number of fused-ring (bicyclic) bond motifs is 1. The largest absolute Gasteiger partial charge is 0.353 e. The summed E-state index contributed by atoms with van der Waals surface area (Å²) in [6, 6.07) is 23.7. The van der Waals surface area contributed by atoms with Crippen molar-refractivity contribution >= 4 is 27.4 Å². The molecular formula is C24H23N3S. The average Bonchev–Trinajstić information content (AvgIpc) is 3.19. The molecule has 2 aromatic heterocycles. The molecular weight excluding hydrogens is 362 g/mol. The lowest BCUT2D eigenvalue weighted by Gasteiger charge is -2.34. The van der Waals surface area contributed by atoms with E-state index in [4.69, 9.17) is 9.97 Å². The van der Waals surface area contributed by atoms with Gasteiger partial charge >= 0.3 is 0 Å². The van der Waals surface area contributed by atoms with Crippen LogP contribution in [-0.4, -0.2) is 22.6 Å². The summed E-state index contributed by atoms with van der Waals surface area (Å²) < 4.78 is 0. The molecule has 5 rings (SSSR count). The molecule has 0 aliphatic carbocycles. The van der Waals surface area contributed by atoms with Crippen molar-refractivity contribution in [2.24, 2.45) is 0 Å². The van der Waals surface area contributed by atoms with Gasteiger partial charge in [-0.2, -0.15) is 0 Å². The zero-order chi connectivity index (χ0) is 18.9. The minimum Gasteiger partial charge on any atom is -0.353 e. The van der Waals surface area contributed by atoms with E-state index < -0.39 is 0 Å². The van der Waals surface area contributed by atoms with Crippen LogP contribution in [0.25, 0.3) is 32.0 Å². The van der Waals surface area contributed by atoms with Crippen LogP contribution in [0.1, 0.15) is 26.2 Å². The van der Waals surface area contributed by atoms with Gasteiger partial charge in [-0.05, 0) is 37.8 Å². The number of aromatic nitrogens is 2. The first-order chi connectivity index (χ1) is 13.8. The molecule has 0 spiro atoms. The second kappa shape index (κ2) is 7.36. The Morgan fingerprint density at radius 3 is 2.32 bits per heavy atom. The van der Waals surface area contributed by atoms with E-state index in [1.54, 1.807) is 11.3 Å². The number of rotatable bonds is 3. The molecule has 0 unspecified atom stereocenters. The quantitative estimate of drug-likeness (QED) is 0.408. The molecule has 3 nitrogen and oxygen atoms in total. The van der Waals surface area contributed by atoms with Crippen LogP contribution in [0.15, 0.2) is 66.7 Å². The zero-order valence-electron chi connectivity index (χ0n) is 16.0. The van der Waals surface area contributed by atoms with Gasteiger partial charge < -0.3 is 4.90 Å². The smallest absolute Gasteiger partial charge is 0.163 e. The molecule has 28 heavy (non-hydrogen) atoms. The summed E-state index contributed by atoms with van der Waals surface area (Å²) in [5, 5.41) is 1.18. The Labute approximate surface area is 169 Å². The first-order valence-corrected chi connectivity index (χ1v) is 10.8. The maximum Gasteiger partial charge on any atom is 0.163 e. The third-order valence-electron chi connectivity index (χ3n) is 5.54. The molecule has 2 aromatic carbocycles. The molecule has 1 atom stereocenters. The lowest BCUT2D eigenvalue weighted by atomic mass is 10.0. The second-order valence-corrected chi connectivity index (χ2v) is 8.50. The highest BCUT2D eigenvalue weighted by Gasteiger charge is 2.24. The van der Waals surface area contributed by atoms with Gasteiger partial charge in [-0.1, -0.05) is 60.7 Å². The van der Waals surface area contributed by atoms with E-state index in [9.17, 15) is 0 Å². The molecule has 0 amide bonds. The van der Waals surface area contributed by atoms with E-state index in [1.807, 2.05) is 6.07 Å². The summed E-state index contributed by atoms with van der Waals surface area (Å²) in [6.07, 6.45) is 3.75. The van der Waals surface area contributed by atoms with Crippen molar-refractivity contribution in [3.63, 3.8) is 0 Å². The fraction of sp³-hybridized carbons (Fsp3) is 0.250. The Balaban J connectivity index is 1.71. The van der Waals surface area contributed by atoms with Gasteiger partial charge in [-0.15, -0.1) is 11.3 Å². The summed E-state index contributed by atoms with van der Waals surface area (Å²) in [7, 11) is 0. The maximum absolute atomic E-state index is 5.07. The molecule has 4 heteroatoms. The van der Waals surface area contributed by atoms with Crippen LogP contribution in [0, 0.1) is 0 Å². The van der Waals surface area contributed by atoms with Crippen molar-refractivity contribution in [2.75, 3.05) is 11.4 Å². The Hall–Kier alpha value is -2.72. The van der Waals surface area contributed by atoms with Crippen LogP contribution in [-0.2, 0) is 0 Å². The van der Waals surface area contributed by atoms with Crippen LogP contribution < -0.4 is 4.90 Å². The summed E-state index contributed by atoms with van der Waals surface area (Å²) in [5.74, 6) is 1.91. The van der Waals surface area contributed by atoms with Gasteiger partial charge in [-0.3, -0.25) is 0 Å². The highest BCUT2D eigenvalue weighted by atomic mass is 32.1. The number of hydrogen-bond acceptors (Lipinski definition) is 4. The maximum atomic E-state index is 5.07. The summed E-state index contributed by atoms with van der Waals surface area (Å²) in [4.78, 5) is 14.8. The number of benzene rings is 2. The van der Waals surface area contributed by atoms with Gasteiger partial charge in [-0.25, -0.2) is 9.97 Å². The van der Waals surface area contributed by atoms with Gasteiger partial charge in [0.2, 0.25) is 0 Å². The third-order valence-corrected chi connectivity index (χ3v) is 6.62. The topological polar surface area (TPSA) is 29.0 Å². The molecule has 1 aliphatic rings. The molecule has 1 saturated heterocycles. The Kier molecular flexibility index (Phi) is 4.57.